The first-order valence-electron chi connectivity index (χ1n) is 15.0. The molecule has 0 radical (unpaired) electrons. The van der Waals surface area contributed by atoms with Crippen molar-refractivity contribution in [2.75, 3.05) is 65.9 Å². The number of nitrogens with one attached hydrogen (secondary N) is 1. The number of aliphatic hydroxyl groups is 1. The number of ether oxygens (including phenoxy) is 6. The van der Waals surface area contributed by atoms with Crippen LogP contribution in [0.5, 0.6) is 5.75 Å². The van der Waals surface area contributed by atoms with Crippen molar-refractivity contribution in [3.8, 4) is 5.75 Å². The van der Waals surface area contributed by atoms with E-state index in [1.54, 1.807) is 11.0 Å². The van der Waals surface area contributed by atoms with Crippen LogP contribution in [0, 0.1) is 0 Å². The topological polar surface area (TPSA) is 162 Å². The first kappa shape index (κ1) is 33.6. The van der Waals surface area contributed by atoms with Crippen molar-refractivity contribution >= 4 is 23.8 Å². The summed E-state index contributed by atoms with van der Waals surface area (Å²) in [6.07, 6.45) is -0.735. The summed E-state index contributed by atoms with van der Waals surface area (Å²) in [7, 11) is 0. The molecule has 14 nitrogen and oxygen atoms in total. The fourth-order valence-corrected chi connectivity index (χ4v) is 5.03. The highest BCUT2D eigenvalue weighted by molar-refractivity contribution is 6.21. The molecule has 3 aliphatic heterocycles. The third kappa shape index (κ3) is 9.35. The number of fused-ring (bicyclic) bond motifs is 1. The average Bonchev–Trinajstić information content (AvgIpc) is 3.21. The molecule has 3 atom stereocenters. The van der Waals surface area contributed by atoms with Crippen LogP contribution in [0.25, 0.3) is 0 Å². The molecule has 2 fully saturated rings. The van der Waals surface area contributed by atoms with Gasteiger partial charge in [-0.1, -0.05) is 0 Å². The van der Waals surface area contributed by atoms with E-state index in [1.165, 1.54) is 12.1 Å². The smallest absolute Gasteiger partial charge is 0.410 e. The summed E-state index contributed by atoms with van der Waals surface area (Å²) in [6.45, 7) is 9.62. The molecule has 3 heterocycles. The number of piperidine rings is 1. The number of benzene rings is 1. The molecule has 244 valence electrons. The number of nitrogens with zero attached hydrogens (tertiary/aromatic N) is 2. The number of imide groups is 1. The van der Waals surface area contributed by atoms with Crippen LogP contribution in [0.15, 0.2) is 18.2 Å². The van der Waals surface area contributed by atoms with Gasteiger partial charge in [0, 0.05) is 19.6 Å². The highest BCUT2D eigenvalue weighted by atomic mass is 16.6. The number of rotatable bonds is 14. The summed E-state index contributed by atoms with van der Waals surface area (Å²) in [5.74, 6) is -0.940. The van der Waals surface area contributed by atoms with E-state index in [4.69, 9.17) is 28.4 Å². The Balaban J connectivity index is 1.03. The van der Waals surface area contributed by atoms with Gasteiger partial charge in [-0.25, -0.2) is 4.79 Å². The predicted octanol–water partition coefficient (Wildman–Crippen LogP) is 1.33. The van der Waals surface area contributed by atoms with Gasteiger partial charge in [0.1, 0.15) is 24.2 Å². The van der Waals surface area contributed by atoms with Gasteiger partial charge < -0.3 is 43.7 Å². The zero-order valence-electron chi connectivity index (χ0n) is 25.6. The third-order valence-corrected chi connectivity index (χ3v) is 7.18. The van der Waals surface area contributed by atoms with Crippen LogP contribution in [-0.2, 0) is 28.5 Å². The normalized spacial score (nSPS) is 22.2. The van der Waals surface area contributed by atoms with Gasteiger partial charge in [0.25, 0.3) is 11.8 Å². The van der Waals surface area contributed by atoms with E-state index in [0.29, 0.717) is 71.5 Å². The molecule has 3 unspecified atom stereocenters. The van der Waals surface area contributed by atoms with Crippen LogP contribution < -0.4 is 10.1 Å². The van der Waals surface area contributed by atoms with Crippen LogP contribution in [0.3, 0.4) is 0 Å². The summed E-state index contributed by atoms with van der Waals surface area (Å²) in [5, 5.41) is 12.5. The summed E-state index contributed by atoms with van der Waals surface area (Å²) >= 11 is 0. The number of hydrogen-bond acceptors (Lipinski definition) is 11. The highest BCUT2D eigenvalue weighted by Crippen LogP contribution is 2.31. The van der Waals surface area contributed by atoms with Crippen LogP contribution in [0.4, 0.5) is 4.79 Å². The largest absolute Gasteiger partial charge is 0.491 e. The number of amides is 4. The molecule has 3 aliphatic rings. The highest BCUT2D eigenvalue weighted by Gasteiger charge is 2.44. The summed E-state index contributed by atoms with van der Waals surface area (Å²) in [6, 6.07) is 3.81. The molecule has 1 aromatic rings. The zero-order valence-corrected chi connectivity index (χ0v) is 25.6. The van der Waals surface area contributed by atoms with Gasteiger partial charge in [0.05, 0.1) is 69.5 Å². The molecular formula is C30H43N3O11. The molecule has 0 spiro atoms. The Morgan fingerprint density at radius 2 is 1.64 bits per heavy atom. The summed E-state index contributed by atoms with van der Waals surface area (Å²) in [5.41, 5.74) is -0.103. The number of morpholine rings is 1. The van der Waals surface area contributed by atoms with Gasteiger partial charge in [0.2, 0.25) is 5.91 Å². The second kappa shape index (κ2) is 15.6. The van der Waals surface area contributed by atoms with Crippen molar-refractivity contribution in [3.05, 3.63) is 29.3 Å². The minimum atomic E-state index is -1.30. The van der Waals surface area contributed by atoms with Crippen LogP contribution in [0.2, 0.25) is 0 Å². The second-order valence-electron chi connectivity index (χ2n) is 11.7. The SMILES string of the molecule is CC(C)(C)OC(=O)N1CCOC(CCOCCOCCOCCOc2ccc3c(c2)C(=O)N(C2CCC(=O)NC2O)C3=O)C1. The van der Waals surface area contributed by atoms with E-state index in [9.17, 15) is 24.3 Å². The van der Waals surface area contributed by atoms with Gasteiger partial charge in [0.15, 0.2) is 0 Å². The second-order valence-corrected chi connectivity index (χ2v) is 11.7. The maximum absolute atomic E-state index is 12.9. The maximum Gasteiger partial charge on any atom is 0.410 e. The van der Waals surface area contributed by atoms with Crippen LogP contribution in [-0.4, -0.2) is 129 Å². The Morgan fingerprint density at radius 3 is 2.32 bits per heavy atom. The van der Waals surface area contributed by atoms with Crippen molar-refractivity contribution < 1.29 is 52.7 Å². The Morgan fingerprint density at radius 1 is 0.977 bits per heavy atom. The lowest BCUT2D eigenvalue weighted by Gasteiger charge is -2.34. The van der Waals surface area contributed by atoms with E-state index in [0.717, 1.165) is 4.90 Å². The molecule has 0 aliphatic carbocycles. The van der Waals surface area contributed by atoms with Crippen molar-refractivity contribution in [3.63, 3.8) is 0 Å². The lowest BCUT2D eigenvalue weighted by atomic mass is 10.0. The first-order valence-corrected chi connectivity index (χ1v) is 15.0. The van der Waals surface area contributed by atoms with E-state index < -0.39 is 29.7 Å². The molecule has 2 N–H and O–H groups in total. The number of hydrogen-bond donors (Lipinski definition) is 2. The molecule has 1 aromatic carbocycles. The minimum Gasteiger partial charge on any atom is -0.491 e. The number of aliphatic hydroxyl groups excluding tert-OH is 1. The van der Waals surface area contributed by atoms with E-state index in [-0.39, 0.29) is 48.7 Å². The third-order valence-electron chi connectivity index (χ3n) is 7.18. The Hall–Kier alpha value is -3.30. The van der Waals surface area contributed by atoms with Crippen molar-refractivity contribution in [2.45, 2.75) is 64.0 Å². The predicted molar refractivity (Wildman–Crippen MR) is 154 cm³/mol. The number of carbonyl (C=O) groups excluding carboxylic acids is 4. The Kier molecular flexibility index (Phi) is 11.9. The van der Waals surface area contributed by atoms with E-state index in [1.807, 2.05) is 20.8 Å². The molecule has 4 amide bonds. The van der Waals surface area contributed by atoms with Crippen molar-refractivity contribution in [1.82, 2.24) is 15.1 Å². The van der Waals surface area contributed by atoms with E-state index >= 15 is 0 Å². The fourth-order valence-electron chi connectivity index (χ4n) is 5.03. The van der Waals surface area contributed by atoms with Crippen molar-refractivity contribution in [2.24, 2.45) is 0 Å². The molecule has 0 bridgehead atoms. The fraction of sp³-hybridized carbons (Fsp3) is 0.667. The Bertz CT molecular complexity index is 1170. The average molecular weight is 622 g/mol. The zero-order chi connectivity index (χ0) is 31.7. The van der Waals surface area contributed by atoms with Gasteiger partial charge in [-0.3, -0.25) is 19.3 Å². The summed E-state index contributed by atoms with van der Waals surface area (Å²) in [4.78, 5) is 52.2. The summed E-state index contributed by atoms with van der Waals surface area (Å²) < 4.78 is 33.5. The minimum absolute atomic E-state index is 0.0940. The van der Waals surface area contributed by atoms with E-state index in [2.05, 4.69) is 5.32 Å². The first-order chi connectivity index (χ1) is 21.0. The van der Waals surface area contributed by atoms with Gasteiger partial charge in [-0.15, -0.1) is 0 Å². The molecule has 4 rings (SSSR count). The van der Waals surface area contributed by atoms with Gasteiger partial charge in [-0.2, -0.15) is 0 Å². The van der Waals surface area contributed by atoms with Gasteiger partial charge in [-0.05, 0) is 51.8 Å². The van der Waals surface area contributed by atoms with Crippen LogP contribution >= 0.6 is 0 Å². The molecule has 44 heavy (non-hydrogen) atoms. The lowest BCUT2D eigenvalue weighted by molar-refractivity contribution is -0.129. The molecular weight excluding hydrogens is 578 g/mol. The maximum atomic E-state index is 12.9. The van der Waals surface area contributed by atoms with Gasteiger partial charge >= 0.3 is 6.09 Å². The van der Waals surface area contributed by atoms with Crippen LogP contribution in [0.1, 0.15) is 60.7 Å². The van der Waals surface area contributed by atoms with Crippen molar-refractivity contribution in [1.29, 1.82) is 0 Å². The molecule has 14 heteroatoms. The molecule has 2 saturated heterocycles. The lowest BCUT2D eigenvalue weighted by Crippen LogP contribution is -2.57. The standard InChI is InChI=1S/C30H43N3O11/c1-30(2,3)44-29(38)32-9-11-42-21(19-32)8-10-39-12-13-40-14-15-41-16-17-43-20-4-5-22-23(18-20)28(37)33(27(22)36)24-6-7-25(34)31-26(24)35/h4-5,18,21,24,26,35H,6-17,19H2,1-3H3,(H,31,34). The quantitative estimate of drug-likeness (QED) is 0.228. The Labute approximate surface area is 256 Å². The monoisotopic (exact) mass is 621 g/mol. The molecule has 0 aromatic heterocycles. The number of carbonyl (C=O) groups is 4. The molecule has 0 saturated carbocycles.